The van der Waals surface area contributed by atoms with Crippen LogP contribution in [0.25, 0.3) is 0 Å². The van der Waals surface area contributed by atoms with E-state index in [1.807, 2.05) is 12.1 Å². The first kappa shape index (κ1) is 17.0. The standard InChI is InChI=1S/C16H27NO3/c1-2-3-4-7-10-20-13-15(18)12-17-11-14-8-5-6-9-16(14)19/h5-6,8-9,15,17-19H,2-4,7,10-13H2,1H3. The summed E-state index contributed by atoms with van der Waals surface area (Å²) in [5.41, 5.74) is 0.834. The number of rotatable bonds is 11. The van der Waals surface area contributed by atoms with Crippen LogP contribution in [0.5, 0.6) is 5.75 Å². The summed E-state index contributed by atoms with van der Waals surface area (Å²) in [6.45, 7) is 4.26. The molecule has 0 saturated carbocycles. The van der Waals surface area contributed by atoms with Crippen molar-refractivity contribution >= 4 is 0 Å². The van der Waals surface area contributed by atoms with Gasteiger partial charge in [0.05, 0.1) is 12.7 Å². The molecule has 0 fully saturated rings. The summed E-state index contributed by atoms with van der Waals surface area (Å²) >= 11 is 0. The molecule has 4 nitrogen and oxygen atoms in total. The summed E-state index contributed by atoms with van der Waals surface area (Å²) < 4.78 is 5.43. The molecule has 0 bridgehead atoms. The number of phenols is 1. The van der Waals surface area contributed by atoms with Crippen molar-refractivity contribution in [1.82, 2.24) is 5.32 Å². The highest BCUT2D eigenvalue weighted by Crippen LogP contribution is 2.14. The zero-order chi connectivity index (χ0) is 14.6. The van der Waals surface area contributed by atoms with E-state index < -0.39 is 6.10 Å². The van der Waals surface area contributed by atoms with Gasteiger partial charge in [-0.3, -0.25) is 0 Å². The van der Waals surface area contributed by atoms with E-state index in [9.17, 15) is 10.2 Å². The van der Waals surface area contributed by atoms with Gasteiger partial charge in [0.15, 0.2) is 0 Å². The molecule has 4 heteroatoms. The first-order valence-corrected chi connectivity index (χ1v) is 7.47. The minimum absolute atomic E-state index is 0.279. The van der Waals surface area contributed by atoms with Gasteiger partial charge in [-0.1, -0.05) is 44.4 Å². The van der Waals surface area contributed by atoms with E-state index in [-0.39, 0.29) is 5.75 Å². The lowest BCUT2D eigenvalue weighted by atomic mass is 10.2. The third kappa shape index (κ3) is 7.48. The molecule has 3 N–H and O–H groups in total. The Hall–Kier alpha value is -1.10. The van der Waals surface area contributed by atoms with E-state index in [2.05, 4.69) is 12.2 Å². The molecule has 1 aromatic carbocycles. The molecule has 1 unspecified atom stereocenters. The summed E-state index contributed by atoms with van der Waals surface area (Å²) in [6, 6.07) is 7.19. The summed E-state index contributed by atoms with van der Waals surface area (Å²) in [6.07, 6.45) is 4.21. The molecule has 20 heavy (non-hydrogen) atoms. The SMILES string of the molecule is CCCCCCOCC(O)CNCc1ccccc1O. The maximum absolute atomic E-state index is 9.75. The number of unbranched alkanes of at least 4 members (excludes halogenated alkanes) is 3. The topological polar surface area (TPSA) is 61.7 Å². The van der Waals surface area contributed by atoms with E-state index >= 15 is 0 Å². The van der Waals surface area contributed by atoms with Crippen LogP contribution in [0.2, 0.25) is 0 Å². The average Bonchev–Trinajstić information content (AvgIpc) is 2.45. The van der Waals surface area contributed by atoms with Crippen molar-refractivity contribution < 1.29 is 14.9 Å². The van der Waals surface area contributed by atoms with Gasteiger partial charge in [0.1, 0.15) is 5.75 Å². The van der Waals surface area contributed by atoms with Gasteiger partial charge in [0, 0.05) is 25.3 Å². The Morgan fingerprint density at radius 2 is 2.00 bits per heavy atom. The lowest BCUT2D eigenvalue weighted by molar-refractivity contribution is 0.0353. The van der Waals surface area contributed by atoms with Crippen molar-refractivity contribution in [2.75, 3.05) is 19.8 Å². The van der Waals surface area contributed by atoms with E-state index in [1.54, 1.807) is 12.1 Å². The fraction of sp³-hybridized carbons (Fsp3) is 0.625. The van der Waals surface area contributed by atoms with Crippen LogP contribution in [-0.4, -0.2) is 36.1 Å². The number of benzene rings is 1. The average molecular weight is 281 g/mol. The molecular formula is C16H27NO3. The maximum Gasteiger partial charge on any atom is 0.120 e. The number of hydrogen-bond acceptors (Lipinski definition) is 4. The number of aliphatic hydroxyl groups excluding tert-OH is 1. The first-order chi connectivity index (χ1) is 9.74. The number of aromatic hydroxyl groups is 1. The van der Waals surface area contributed by atoms with Gasteiger partial charge >= 0.3 is 0 Å². The van der Waals surface area contributed by atoms with Crippen molar-refractivity contribution in [3.63, 3.8) is 0 Å². The van der Waals surface area contributed by atoms with Gasteiger partial charge in [-0.15, -0.1) is 0 Å². The van der Waals surface area contributed by atoms with Crippen molar-refractivity contribution in [3.05, 3.63) is 29.8 Å². The molecule has 0 amide bonds. The molecule has 0 radical (unpaired) electrons. The molecule has 0 aromatic heterocycles. The number of hydrogen-bond donors (Lipinski definition) is 3. The summed E-state index contributed by atoms with van der Waals surface area (Å²) in [5, 5.41) is 22.5. The van der Waals surface area contributed by atoms with E-state index in [0.29, 0.717) is 19.7 Å². The zero-order valence-corrected chi connectivity index (χ0v) is 12.3. The molecule has 0 aliphatic carbocycles. The third-order valence-electron chi connectivity index (χ3n) is 3.14. The van der Waals surface area contributed by atoms with E-state index in [4.69, 9.17) is 4.74 Å². The molecule has 1 rings (SSSR count). The first-order valence-electron chi connectivity index (χ1n) is 7.47. The van der Waals surface area contributed by atoms with Crippen LogP contribution in [0, 0.1) is 0 Å². The van der Waals surface area contributed by atoms with Crippen molar-refractivity contribution in [3.8, 4) is 5.75 Å². The Balaban J connectivity index is 2.03. The highest BCUT2D eigenvalue weighted by Gasteiger charge is 2.05. The van der Waals surface area contributed by atoms with Crippen LogP contribution in [0.15, 0.2) is 24.3 Å². The van der Waals surface area contributed by atoms with Gasteiger partial charge in [-0.25, -0.2) is 0 Å². The lowest BCUT2D eigenvalue weighted by Crippen LogP contribution is -2.30. The summed E-state index contributed by atoms with van der Waals surface area (Å²) in [5.74, 6) is 0.279. The van der Waals surface area contributed by atoms with Crippen molar-refractivity contribution in [2.24, 2.45) is 0 Å². The summed E-state index contributed by atoms with van der Waals surface area (Å²) in [7, 11) is 0. The maximum atomic E-state index is 9.75. The van der Waals surface area contributed by atoms with Crippen LogP contribution in [0.3, 0.4) is 0 Å². The van der Waals surface area contributed by atoms with Gasteiger partial charge in [-0.05, 0) is 12.5 Å². The smallest absolute Gasteiger partial charge is 0.120 e. The zero-order valence-electron chi connectivity index (χ0n) is 12.3. The fourth-order valence-corrected chi connectivity index (χ4v) is 1.94. The number of nitrogens with one attached hydrogen (secondary N) is 1. The molecule has 1 atom stereocenters. The number of aliphatic hydroxyl groups is 1. The van der Waals surface area contributed by atoms with Crippen LogP contribution in [0.1, 0.15) is 38.2 Å². The van der Waals surface area contributed by atoms with Crippen LogP contribution >= 0.6 is 0 Å². The fourth-order valence-electron chi connectivity index (χ4n) is 1.94. The molecule has 1 aromatic rings. The summed E-state index contributed by atoms with van der Waals surface area (Å²) in [4.78, 5) is 0. The molecular weight excluding hydrogens is 254 g/mol. The lowest BCUT2D eigenvalue weighted by Gasteiger charge is -2.13. The normalized spacial score (nSPS) is 12.5. The Bertz CT molecular complexity index is 357. The molecule has 0 saturated heterocycles. The predicted molar refractivity (Wildman–Crippen MR) is 80.8 cm³/mol. The highest BCUT2D eigenvalue weighted by atomic mass is 16.5. The second-order valence-electron chi connectivity index (χ2n) is 5.05. The van der Waals surface area contributed by atoms with Gasteiger partial charge in [0.2, 0.25) is 0 Å². The second-order valence-corrected chi connectivity index (χ2v) is 5.05. The largest absolute Gasteiger partial charge is 0.508 e. The number of para-hydroxylation sites is 1. The van der Waals surface area contributed by atoms with Crippen LogP contribution < -0.4 is 5.32 Å². The molecule has 0 aliphatic rings. The Morgan fingerprint density at radius 1 is 1.20 bits per heavy atom. The van der Waals surface area contributed by atoms with Gasteiger partial charge in [-0.2, -0.15) is 0 Å². The molecule has 0 aliphatic heterocycles. The molecule has 114 valence electrons. The van der Waals surface area contributed by atoms with E-state index in [1.165, 1.54) is 19.3 Å². The predicted octanol–water partition coefficient (Wildman–Crippen LogP) is 2.44. The second kappa shape index (κ2) is 10.7. The van der Waals surface area contributed by atoms with Crippen LogP contribution in [-0.2, 0) is 11.3 Å². The Labute approximate surface area is 121 Å². The van der Waals surface area contributed by atoms with Crippen molar-refractivity contribution in [1.29, 1.82) is 0 Å². The Kier molecular flexibility index (Phi) is 9.04. The third-order valence-corrected chi connectivity index (χ3v) is 3.14. The minimum Gasteiger partial charge on any atom is -0.508 e. The highest BCUT2D eigenvalue weighted by molar-refractivity contribution is 5.31. The number of phenolic OH excluding ortho intramolecular Hbond substituents is 1. The Morgan fingerprint density at radius 3 is 2.75 bits per heavy atom. The minimum atomic E-state index is -0.507. The molecule has 0 heterocycles. The molecule has 0 spiro atoms. The van der Waals surface area contributed by atoms with Gasteiger partial charge in [0.25, 0.3) is 0 Å². The number of ether oxygens (including phenoxy) is 1. The van der Waals surface area contributed by atoms with E-state index in [0.717, 1.165) is 18.6 Å². The van der Waals surface area contributed by atoms with Crippen molar-refractivity contribution in [2.45, 2.75) is 45.3 Å². The monoisotopic (exact) mass is 281 g/mol. The van der Waals surface area contributed by atoms with Crippen LogP contribution in [0.4, 0.5) is 0 Å². The quantitative estimate of drug-likeness (QED) is 0.545. The van der Waals surface area contributed by atoms with Gasteiger partial charge < -0.3 is 20.3 Å².